The summed E-state index contributed by atoms with van der Waals surface area (Å²) in [6.45, 7) is 5.13. The Hall–Kier alpha value is -3.85. The van der Waals surface area contributed by atoms with E-state index in [0.717, 1.165) is 21.0 Å². The van der Waals surface area contributed by atoms with Crippen molar-refractivity contribution >= 4 is 50.7 Å². The Kier molecular flexibility index (Phi) is 11.1. The highest BCUT2D eigenvalue weighted by atomic mass is 35.5. The van der Waals surface area contributed by atoms with Crippen LogP contribution in [0.5, 0.6) is 0 Å². The largest absolute Gasteiger partial charge is 0.352 e. The molecule has 0 saturated heterocycles. The van der Waals surface area contributed by atoms with Gasteiger partial charge in [-0.05, 0) is 62.2 Å². The van der Waals surface area contributed by atoms with Crippen LogP contribution in [0, 0.1) is 6.92 Å². The fraction of sp³-hybridized carbons (Fsp3) is 0.235. The second-order valence-electron chi connectivity index (χ2n) is 10.8. The first kappa shape index (κ1) is 33.1. The SMILES string of the molecule is Cc1cccc(CN(C(=O)CN(c2cc(Cl)cc(Cl)c2)S(=O)(=O)c2ccccc2)[C@H](Cc2ccccc2)C(=O)NC(C)C)c1. The molecule has 0 aliphatic carbocycles. The fourth-order valence-corrected chi connectivity index (χ4v) is 6.81. The van der Waals surface area contributed by atoms with Crippen LogP contribution < -0.4 is 9.62 Å². The number of aryl methyl sites for hydroxylation is 1. The summed E-state index contributed by atoms with van der Waals surface area (Å²) in [6, 6.07) is 28.1. The molecule has 0 unspecified atom stereocenters. The molecule has 4 aromatic carbocycles. The summed E-state index contributed by atoms with van der Waals surface area (Å²) in [5, 5.41) is 3.37. The number of hydrogen-bond donors (Lipinski definition) is 1. The first-order valence-electron chi connectivity index (χ1n) is 14.2. The van der Waals surface area contributed by atoms with E-state index in [1.165, 1.54) is 35.2 Å². The number of sulfonamides is 1. The third-order valence-electron chi connectivity index (χ3n) is 6.88. The third kappa shape index (κ3) is 8.62. The van der Waals surface area contributed by atoms with Crippen molar-refractivity contribution in [1.29, 1.82) is 0 Å². The van der Waals surface area contributed by atoms with Gasteiger partial charge in [-0.1, -0.05) is 102 Å². The van der Waals surface area contributed by atoms with E-state index in [1.807, 2.05) is 75.4 Å². The molecule has 1 atom stereocenters. The van der Waals surface area contributed by atoms with Gasteiger partial charge in [0.2, 0.25) is 11.8 Å². The van der Waals surface area contributed by atoms with Gasteiger partial charge in [0.15, 0.2) is 0 Å². The minimum atomic E-state index is -4.25. The average molecular weight is 653 g/mol. The highest BCUT2D eigenvalue weighted by Gasteiger charge is 2.35. The number of nitrogens with one attached hydrogen (secondary N) is 1. The summed E-state index contributed by atoms with van der Waals surface area (Å²) in [4.78, 5) is 29.7. The lowest BCUT2D eigenvalue weighted by atomic mass is 10.0. The molecule has 0 fully saturated rings. The summed E-state index contributed by atoms with van der Waals surface area (Å²) in [5.41, 5.74) is 2.77. The molecule has 0 bridgehead atoms. The van der Waals surface area contributed by atoms with Gasteiger partial charge in [-0.25, -0.2) is 8.42 Å². The molecule has 0 heterocycles. The van der Waals surface area contributed by atoms with Crippen molar-refractivity contribution in [2.45, 2.75) is 50.7 Å². The monoisotopic (exact) mass is 651 g/mol. The molecular weight excluding hydrogens is 617 g/mol. The van der Waals surface area contributed by atoms with Crippen molar-refractivity contribution in [3.63, 3.8) is 0 Å². The van der Waals surface area contributed by atoms with Gasteiger partial charge in [0, 0.05) is 29.1 Å². The molecule has 0 radical (unpaired) electrons. The maximum atomic E-state index is 14.5. The molecule has 10 heteroatoms. The van der Waals surface area contributed by atoms with E-state index >= 15 is 0 Å². The maximum Gasteiger partial charge on any atom is 0.264 e. The molecule has 0 spiro atoms. The van der Waals surface area contributed by atoms with Crippen LogP contribution in [-0.2, 0) is 32.6 Å². The molecule has 4 aromatic rings. The molecule has 0 saturated carbocycles. The van der Waals surface area contributed by atoms with Crippen LogP contribution in [0.2, 0.25) is 10.0 Å². The number of carbonyl (C=O) groups is 2. The lowest BCUT2D eigenvalue weighted by Crippen LogP contribution is -2.54. The minimum absolute atomic E-state index is 0.00693. The van der Waals surface area contributed by atoms with Gasteiger partial charge >= 0.3 is 0 Å². The maximum absolute atomic E-state index is 14.5. The first-order valence-corrected chi connectivity index (χ1v) is 16.4. The Labute approximate surface area is 269 Å². The lowest BCUT2D eigenvalue weighted by Gasteiger charge is -2.34. The molecule has 0 aliphatic rings. The normalized spacial score (nSPS) is 12.0. The summed E-state index contributed by atoms with van der Waals surface area (Å²) in [5.74, 6) is -0.907. The Balaban J connectivity index is 1.82. The van der Waals surface area contributed by atoms with Gasteiger partial charge in [-0.15, -0.1) is 0 Å². The highest BCUT2D eigenvalue weighted by Crippen LogP contribution is 2.30. The molecule has 4 rings (SSSR count). The summed E-state index contributed by atoms with van der Waals surface area (Å²) in [7, 11) is -4.25. The number of carbonyl (C=O) groups excluding carboxylic acids is 2. The molecule has 1 N–H and O–H groups in total. The Morgan fingerprint density at radius 2 is 1.39 bits per heavy atom. The summed E-state index contributed by atoms with van der Waals surface area (Å²) >= 11 is 12.6. The van der Waals surface area contributed by atoms with Crippen molar-refractivity contribution in [2.75, 3.05) is 10.8 Å². The van der Waals surface area contributed by atoms with Crippen molar-refractivity contribution in [2.24, 2.45) is 0 Å². The Bertz CT molecular complexity index is 1680. The number of halogens is 2. The van der Waals surface area contributed by atoms with Gasteiger partial charge in [-0.3, -0.25) is 13.9 Å². The summed E-state index contributed by atoms with van der Waals surface area (Å²) < 4.78 is 29.1. The number of benzene rings is 4. The molecular formula is C34H35Cl2N3O4S. The highest BCUT2D eigenvalue weighted by molar-refractivity contribution is 7.92. The summed E-state index contributed by atoms with van der Waals surface area (Å²) in [6.07, 6.45) is 0.228. The van der Waals surface area contributed by atoms with Crippen LogP contribution in [0.15, 0.2) is 108 Å². The van der Waals surface area contributed by atoms with Gasteiger partial charge in [-0.2, -0.15) is 0 Å². The van der Waals surface area contributed by atoms with E-state index in [-0.39, 0.29) is 45.5 Å². The topological polar surface area (TPSA) is 86.8 Å². The zero-order valence-corrected chi connectivity index (χ0v) is 27.1. The van der Waals surface area contributed by atoms with E-state index in [9.17, 15) is 18.0 Å². The predicted molar refractivity (Wildman–Crippen MR) is 176 cm³/mol. The van der Waals surface area contributed by atoms with Gasteiger partial charge in [0.05, 0.1) is 10.6 Å². The molecule has 2 amide bonds. The van der Waals surface area contributed by atoms with Crippen LogP contribution in [-0.4, -0.2) is 43.8 Å². The van der Waals surface area contributed by atoms with Crippen molar-refractivity contribution in [3.05, 3.63) is 130 Å². The zero-order chi connectivity index (χ0) is 31.9. The second kappa shape index (κ2) is 14.8. The lowest BCUT2D eigenvalue weighted by molar-refractivity contribution is -0.140. The van der Waals surface area contributed by atoms with Gasteiger partial charge in [0.25, 0.3) is 10.0 Å². The van der Waals surface area contributed by atoms with E-state index < -0.39 is 28.5 Å². The number of amides is 2. The zero-order valence-electron chi connectivity index (χ0n) is 24.8. The molecule has 0 aliphatic heterocycles. The van der Waals surface area contributed by atoms with Crippen LogP contribution in [0.4, 0.5) is 5.69 Å². The second-order valence-corrected chi connectivity index (χ2v) is 13.6. The Morgan fingerprint density at radius 1 is 0.795 bits per heavy atom. The molecule has 230 valence electrons. The minimum Gasteiger partial charge on any atom is -0.352 e. The van der Waals surface area contributed by atoms with Gasteiger partial charge in [0.1, 0.15) is 12.6 Å². The van der Waals surface area contributed by atoms with Crippen molar-refractivity contribution in [1.82, 2.24) is 10.2 Å². The molecule has 0 aromatic heterocycles. The van der Waals surface area contributed by atoms with Crippen molar-refractivity contribution < 1.29 is 18.0 Å². The van der Waals surface area contributed by atoms with Crippen LogP contribution >= 0.6 is 23.2 Å². The number of nitrogens with zero attached hydrogens (tertiary/aromatic N) is 2. The van der Waals surface area contributed by atoms with Gasteiger partial charge < -0.3 is 10.2 Å². The molecule has 44 heavy (non-hydrogen) atoms. The average Bonchev–Trinajstić information content (AvgIpc) is 2.97. The first-order chi connectivity index (χ1) is 20.9. The van der Waals surface area contributed by atoms with E-state index in [0.29, 0.717) is 0 Å². The number of anilines is 1. The standard InChI is InChI=1S/C34H35Cl2N3O4S/c1-24(2)37-34(41)32(18-26-12-6-4-7-13-26)38(22-27-14-10-11-25(3)17-27)33(40)23-39(30-20-28(35)19-29(36)21-30)44(42,43)31-15-8-5-9-16-31/h4-17,19-21,24,32H,18,22-23H2,1-3H3,(H,37,41)/t32-/m1/s1. The Morgan fingerprint density at radius 3 is 1.98 bits per heavy atom. The third-order valence-corrected chi connectivity index (χ3v) is 9.11. The fourth-order valence-electron chi connectivity index (χ4n) is 4.87. The van der Waals surface area contributed by atoms with Crippen molar-refractivity contribution in [3.8, 4) is 0 Å². The number of rotatable bonds is 12. The molecule has 7 nitrogen and oxygen atoms in total. The van der Waals surface area contributed by atoms with E-state index in [2.05, 4.69) is 5.32 Å². The quantitative estimate of drug-likeness (QED) is 0.186. The number of hydrogen-bond acceptors (Lipinski definition) is 4. The van der Waals surface area contributed by atoms with Crippen LogP contribution in [0.1, 0.15) is 30.5 Å². The van der Waals surface area contributed by atoms with E-state index in [4.69, 9.17) is 23.2 Å². The predicted octanol–water partition coefficient (Wildman–Crippen LogP) is 6.66. The van der Waals surface area contributed by atoms with Crippen LogP contribution in [0.25, 0.3) is 0 Å². The smallest absolute Gasteiger partial charge is 0.264 e. The van der Waals surface area contributed by atoms with Crippen LogP contribution in [0.3, 0.4) is 0 Å². The van der Waals surface area contributed by atoms with E-state index in [1.54, 1.807) is 18.2 Å².